The Hall–Kier alpha value is -2.80. The van der Waals surface area contributed by atoms with Gasteiger partial charge in [0, 0.05) is 15.6 Å². The maximum Gasteiger partial charge on any atom is 0.363 e. The van der Waals surface area contributed by atoms with Gasteiger partial charge < -0.3 is 18.9 Å². The molecule has 0 radical (unpaired) electrons. The third-order valence-corrected chi connectivity index (χ3v) is 4.23. The molecule has 1 heterocycles. The van der Waals surface area contributed by atoms with Crippen LogP contribution in [0, 0.1) is 0 Å². The van der Waals surface area contributed by atoms with E-state index in [9.17, 15) is 4.79 Å². The molecule has 134 valence electrons. The maximum atomic E-state index is 12.2. The van der Waals surface area contributed by atoms with Crippen LogP contribution in [0.15, 0.2) is 51.6 Å². The number of rotatable bonds is 5. The van der Waals surface area contributed by atoms with Crippen LogP contribution in [0.4, 0.5) is 0 Å². The highest BCUT2D eigenvalue weighted by molar-refractivity contribution is 9.10. The zero-order valence-corrected chi connectivity index (χ0v) is 16.0. The number of aliphatic imine (C=N–C) groups is 1. The van der Waals surface area contributed by atoms with E-state index in [2.05, 4.69) is 20.9 Å². The van der Waals surface area contributed by atoms with Gasteiger partial charge in [-0.05, 0) is 42.5 Å². The summed E-state index contributed by atoms with van der Waals surface area (Å²) in [4.78, 5) is 16.5. The monoisotopic (exact) mass is 417 g/mol. The molecule has 0 unspecified atom stereocenters. The molecular formula is C19H16BrNO5. The average Bonchev–Trinajstić information content (AvgIpc) is 3.02. The number of benzene rings is 2. The second-order valence-electron chi connectivity index (χ2n) is 5.29. The number of carbonyl (C=O) groups is 1. The predicted octanol–water partition coefficient (Wildman–Crippen LogP) is 3.82. The molecule has 0 fully saturated rings. The van der Waals surface area contributed by atoms with Crippen LogP contribution in [0.5, 0.6) is 17.2 Å². The highest BCUT2D eigenvalue weighted by atomic mass is 79.9. The first kappa shape index (κ1) is 18.0. The molecule has 26 heavy (non-hydrogen) atoms. The fourth-order valence-corrected chi connectivity index (χ4v) is 2.85. The van der Waals surface area contributed by atoms with Crippen molar-refractivity contribution < 1.29 is 23.7 Å². The molecule has 2 aromatic carbocycles. The zero-order valence-electron chi connectivity index (χ0n) is 14.4. The van der Waals surface area contributed by atoms with Gasteiger partial charge in [-0.1, -0.05) is 15.9 Å². The van der Waals surface area contributed by atoms with E-state index in [4.69, 9.17) is 18.9 Å². The molecule has 2 aromatic rings. The lowest BCUT2D eigenvalue weighted by atomic mass is 10.1. The topological polar surface area (TPSA) is 66.3 Å². The number of esters is 1. The summed E-state index contributed by atoms with van der Waals surface area (Å²) in [6.07, 6.45) is 1.62. The molecule has 0 atom stereocenters. The summed E-state index contributed by atoms with van der Waals surface area (Å²) < 4.78 is 22.0. The quantitative estimate of drug-likeness (QED) is 0.546. The highest BCUT2D eigenvalue weighted by Crippen LogP contribution is 2.30. The summed E-state index contributed by atoms with van der Waals surface area (Å²) in [5.74, 6) is 1.40. The van der Waals surface area contributed by atoms with Crippen LogP contribution in [0.1, 0.15) is 11.1 Å². The fourth-order valence-electron chi connectivity index (χ4n) is 2.47. The number of nitrogens with zero attached hydrogens (tertiary/aromatic N) is 1. The summed E-state index contributed by atoms with van der Waals surface area (Å²) in [5, 5.41) is 0. The molecule has 7 heteroatoms. The summed E-state index contributed by atoms with van der Waals surface area (Å²) in [6.45, 7) is 0. The Bertz CT molecular complexity index is 920. The third-order valence-electron chi connectivity index (χ3n) is 3.73. The molecule has 1 aliphatic rings. The second-order valence-corrected chi connectivity index (χ2v) is 6.21. The van der Waals surface area contributed by atoms with Gasteiger partial charge in [0.1, 0.15) is 5.75 Å². The number of cyclic esters (lactones) is 1. The first-order chi connectivity index (χ1) is 12.5. The van der Waals surface area contributed by atoms with Gasteiger partial charge in [0.05, 0.1) is 21.3 Å². The van der Waals surface area contributed by atoms with Gasteiger partial charge in [-0.15, -0.1) is 0 Å². The first-order valence-electron chi connectivity index (χ1n) is 7.64. The van der Waals surface area contributed by atoms with Gasteiger partial charge >= 0.3 is 5.97 Å². The Kier molecular flexibility index (Phi) is 5.27. The first-order valence-corrected chi connectivity index (χ1v) is 8.43. The minimum Gasteiger partial charge on any atom is -0.496 e. The van der Waals surface area contributed by atoms with E-state index in [0.717, 1.165) is 4.47 Å². The van der Waals surface area contributed by atoms with Crippen LogP contribution in [0.25, 0.3) is 6.08 Å². The fraction of sp³-hybridized carbons (Fsp3) is 0.158. The van der Waals surface area contributed by atoms with Crippen molar-refractivity contribution in [2.75, 3.05) is 21.3 Å². The minimum atomic E-state index is -0.531. The average molecular weight is 418 g/mol. The van der Waals surface area contributed by atoms with E-state index >= 15 is 0 Å². The van der Waals surface area contributed by atoms with Crippen molar-refractivity contribution >= 4 is 33.9 Å². The van der Waals surface area contributed by atoms with E-state index in [1.807, 2.05) is 12.1 Å². The molecule has 1 aliphatic heterocycles. The molecule has 0 bridgehead atoms. The van der Waals surface area contributed by atoms with Crippen LogP contribution in [-0.2, 0) is 9.53 Å². The minimum absolute atomic E-state index is 0.186. The van der Waals surface area contributed by atoms with Gasteiger partial charge in [0.25, 0.3) is 0 Å². The molecule has 0 saturated heterocycles. The summed E-state index contributed by atoms with van der Waals surface area (Å²) in [6, 6.07) is 10.7. The molecular weight excluding hydrogens is 402 g/mol. The Morgan fingerprint density at radius 1 is 0.962 bits per heavy atom. The van der Waals surface area contributed by atoms with Gasteiger partial charge in [-0.2, -0.15) is 0 Å². The van der Waals surface area contributed by atoms with E-state index in [1.165, 1.54) is 7.11 Å². The third kappa shape index (κ3) is 3.57. The summed E-state index contributed by atoms with van der Waals surface area (Å²) in [7, 11) is 4.66. The number of hydrogen-bond acceptors (Lipinski definition) is 6. The van der Waals surface area contributed by atoms with Crippen LogP contribution in [0.2, 0.25) is 0 Å². The maximum absolute atomic E-state index is 12.2. The zero-order chi connectivity index (χ0) is 18.7. The SMILES string of the molecule is COc1ccc(Br)cc1/C=C1\N=C(c2ccc(OC)c(OC)c2)OC1=O. The lowest BCUT2D eigenvalue weighted by Crippen LogP contribution is -2.06. The predicted molar refractivity (Wildman–Crippen MR) is 101 cm³/mol. The summed E-state index contributed by atoms with van der Waals surface area (Å²) in [5.41, 5.74) is 1.51. The molecule has 0 spiro atoms. The van der Waals surface area contributed by atoms with Crippen LogP contribution < -0.4 is 14.2 Å². The smallest absolute Gasteiger partial charge is 0.363 e. The Morgan fingerprint density at radius 3 is 2.35 bits per heavy atom. The van der Waals surface area contributed by atoms with E-state index < -0.39 is 5.97 Å². The van der Waals surface area contributed by atoms with E-state index in [1.54, 1.807) is 44.6 Å². The molecule has 0 saturated carbocycles. The van der Waals surface area contributed by atoms with Crippen LogP contribution >= 0.6 is 15.9 Å². The number of ether oxygens (including phenoxy) is 4. The Morgan fingerprint density at radius 2 is 1.65 bits per heavy atom. The largest absolute Gasteiger partial charge is 0.496 e. The molecule has 0 amide bonds. The van der Waals surface area contributed by atoms with Crippen molar-refractivity contribution in [1.29, 1.82) is 0 Å². The van der Waals surface area contributed by atoms with Crippen molar-refractivity contribution in [2.45, 2.75) is 0 Å². The molecule has 0 aromatic heterocycles. The van der Waals surface area contributed by atoms with Gasteiger partial charge in [-0.25, -0.2) is 9.79 Å². The van der Waals surface area contributed by atoms with Crippen LogP contribution in [-0.4, -0.2) is 33.2 Å². The Balaban J connectivity index is 1.98. The summed E-state index contributed by atoms with van der Waals surface area (Å²) >= 11 is 3.41. The number of methoxy groups -OCH3 is 3. The van der Waals surface area contributed by atoms with Crippen molar-refractivity contribution in [2.24, 2.45) is 4.99 Å². The number of halogens is 1. The number of carbonyl (C=O) groups excluding carboxylic acids is 1. The van der Waals surface area contributed by atoms with E-state index in [-0.39, 0.29) is 11.6 Å². The molecule has 0 aliphatic carbocycles. The number of hydrogen-bond donors (Lipinski definition) is 0. The standard InChI is InChI=1S/C19H16BrNO5/c1-23-15-7-5-13(20)8-12(15)9-14-19(22)26-18(21-14)11-4-6-16(24-2)17(10-11)25-3/h4-10H,1-3H3/b14-9-. The molecule has 6 nitrogen and oxygen atoms in total. The van der Waals surface area contributed by atoms with Crippen molar-refractivity contribution in [3.63, 3.8) is 0 Å². The lowest BCUT2D eigenvalue weighted by molar-refractivity contribution is -0.129. The normalized spacial score (nSPS) is 14.8. The Labute approximate surface area is 159 Å². The highest BCUT2D eigenvalue weighted by Gasteiger charge is 2.25. The van der Waals surface area contributed by atoms with Crippen molar-refractivity contribution in [1.82, 2.24) is 0 Å². The molecule has 0 N–H and O–H groups in total. The van der Waals surface area contributed by atoms with Crippen molar-refractivity contribution in [3.05, 3.63) is 57.7 Å². The van der Waals surface area contributed by atoms with Crippen LogP contribution in [0.3, 0.4) is 0 Å². The second kappa shape index (κ2) is 7.61. The van der Waals surface area contributed by atoms with Gasteiger partial charge in [0.15, 0.2) is 17.2 Å². The lowest BCUT2D eigenvalue weighted by Gasteiger charge is -2.08. The molecule has 3 rings (SSSR count). The van der Waals surface area contributed by atoms with Crippen molar-refractivity contribution in [3.8, 4) is 17.2 Å². The van der Waals surface area contributed by atoms with Gasteiger partial charge in [-0.3, -0.25) is 0 Å². The van der Waals surface area contributed by atoms with E-state index in [0.29, 0.717) is 28.4 Å². The van der Waals surface area contributed by atoms with Gasteiger partial charge in [0.2, 0.25) is 5.90 Å².